The van der Waals surface area contributed by atoms with Gasteiger partial charge >= 0.3 is 0 Å². The minimum absolute atomic E-state index is 0.736. The number of halogens is 1. The van der Waals surface area contributed by atoms with Gasteiger partial charge in [0.2, 0.25) is 0 Å². The van der Waals surface area contributed by atoms with Gasteiger partial charge in [-0.05, 0) is 29.7 Å². The summed E-state index contributed by atoms with van der Waals surface area (Å²) in [7, 11) is 0. The summed E-state index contributed by atoms with van der Waals surface area (Å²) in [5.41, 5.74) is 4.63. The Morgan fingerprint density at radius 1 is 1.00 bits per heavy atom. The molecule has 0 aromatic heterocycles. The number of nitrogens with one attached hydrogen (secondary N) is 1. The predicted octanol–water partition coefficient (Wildman–Crippen LogP) is 3.91. The lowest BCUT2D eigenvalue weighted by Crippen LogP contribution is -2.46. The molecule has 0 unspecified atom stereocenters. The molecule has 122 valence electrons. The normalized spacial score (nSPS) is 17.6. The Balaban J connectivity index is 1.83. The van der Waals surface area contributed by atoms with E-state index in [0.717, 1.165) is 49.1 Å². The molecule has 0 saturated carbocycles. The maximum Gasteiger partial charge on any atom is 0.136 e. The molecule has 1 fully saturated rings. The number of hydrogen-bond acceptors (Lipinski definition) is 3. The van der Waals surface area contributed by atoms with E-state index in [1.165, 1.54) is 16.7 Å². The molecule has 0 spiro atoms. The average molecular weight is 338 g/mol. The van der Waals surface area contributed by atoms with Gasteiger partial charge in [-0.3, -0.25) is 0 Å². The van der Waals surface area contributed by atoms with E-state index in [1.54, 1.807) is 0 Å². The van der Waals surface area contributed by atoms with Gasteiger partial charge in [-0.2, -0.15) is 0 Å². The summed E-state index contributed by atoms with van der Waals surface area (Å²) >= 11 is 6.21. The predicted molar refractivity (Wildman–Crippen MR) is 101 cm³/mol. The fourth-order valence-electron chi connectivity index (χ4n) is 3.27. The van der Waals surface area contributed by atoms with Crippen molar-refractivity contribution in [3.05, 3.63) is 70.8 Å². The van der Waals surface area contributed by atoms with Crippen LogP contribution in [0.5, 0.6) is 0 Å². The third-order valence-corrected chi connectivity index (χ3v) is 4.78. The van der Waals surface area contributed by atoms with Crippen LogP contribution in [0.25, 0.3) is 5.57 Å². The molecular weight excluding hydrogens is 318 g/mol. The van der Waals surface area contributed by atoms with E-state index in [-0.39, 0.29) is 0 Å². The first-order valence-corrected chi connectivity index (χ1v) is 8.78. The minimum Gasteiger partial charge on any atom is -0.354 e. The number of rotatable bonds is 1. The number of hydrogen-bond donors (Lipinski definition) is 1. The smallest absolute Gasteiger partial charge is 0.136 e. The zero-order valence-corrected chi connectivity index (χ0v) is 14.3. The number of amidine groups is 1. The van der Waals surface area contributed by atoms with Crippen LogP contribution in [0.1, 0.15) is 11.1 Å². The number of fused-ring (bicyclic) bond motifs is 1. The number of benzene rings is 2. The Morgan fingerprint density at radius 3 is 2.58 bits per heavy atom. The summed E-state index contributed by atoms with van der Waals surface area (Å²) in [4.78, 5) is 7.42. The van der Waals surface area contributed by atoms with Gasteiger partial charge in [0.05, 0.1) is 5.69 Å². The number of allylic oxidation sites excluding steroid dienone is 1. The number of nitrogens with zero attached hydrogens (tertiary/aromatic N) is 2. The highest BCUT2D eigenvalue weighted by atomic mass is 35.5. The largest absolute Gasteiger partial charge is 0.354 e. The fourth-order valence-corrected chi connectivity index (χ4v) is 3.44. The molecule has 4 rings (SSSR count). The average Bonchev–Trinajstić information content (AvgIpc) is 2.82. The Kier molecular flexibility index (Phi) is 4.37. The molecular formula is C20H20ClN3. The summed E-state index contributed by atoms with van der Waals surface area (Å²) < 4.78 is 0. The number of aliphatic imine (C=N–C) groups is 1. The molecule has 2 aromatic carbocycles. The van der Waals surface area contributed by atoms with Gasteiger partial charge in [0.25, 0.3) is 0 Å². The zero-order chi connectivity index (χ0) is 16.4. The molecule has 0 aliphatic carbocycles. The molecule has 2 aromatic rings. The molecule has 2 aliphatic heterocycles. The monoisotopic (exact) mass is 337 g/mol. The Labute approximate surface area is 147 Å². The van der Waals surface area contributed by atoms with Crippen LogP contribution in [0, 0.1) is 0 Å². The van der Waals surface area contributed by atoms with Crippen LogP contribution >= 0.6 is 11.6 Å². The van der Waals surface area contributed by atoms with E-state index in [1.807, 2.05) is 12.1 Å². The van der Waals surface area contributed by atoms with Crippen molar-refractivity contribution >= 4 is 28.7 Å². The van der Waals surface area contributed by atoms with E-state index in [9.17, 15) is 0 Å². The van der Waals surface area contributed by atoms with Crippen molar-refractivity contribution in [2.45, 2.75) is 6.42 Å². The van der Waals surface area contributed by atoms with Crippen molar-refractivity contribution in [1.29, 1.82) is 0 Å². The van der Waals surface area contributed by atoms with Gasteiger partial charge in [0.1, 0.15) is 5.84 Å². The molecule has 0 amide bonds. The molecule has 1 N–H and O–H groups in total. The maximum atomic E-state index is 6.21. The lowest BCUT2D eigenvalue weighted by Gasteiger charge is -2.31. The summed E-state index contributed by atoms with van der Waals surface area (Å²) in [6.07, 6.45) is 3.17. The summed E-state index contributed by atoms with van der Waals surface area (Å²) in [6.45, 7) is 3.92. The minimum atomic E-state index is 0.736. The molecule has 24 heavy (non-hydrogen) atoms. The van der Waals surface area contributed by atoms with Crippen molar-refractivity contribution in [2.75, 3.05) is 26.2 Å². The summed E-state index contributed by atoms with van der Waals surface area (Å²) in [5.74, 6) is 1.06. The molecule has 4 heteroatoms. The van der Waals surface area contributed by atoms with Crippen LogP contribution in [0.2, 0.25) is 5.02 Å². The summed E-state index contributed by atoms with van der Waals surface area (Å²) in [5, 5.41) is 4.15. The van der Waals surface area contributed by atoms with Gasteiger partial charge in [-0.15, -0.1) is 0 Å². The second kappa shape index (κ2) is 6.80. The van der Waals surface area contributed by atoms with Gasteiger partial charge in [0.15, 0.2) is 0 Å². The zero-order valence-electron chi connectivity index (χ0n) is 13.5. The molecule has 2 heterocycles. The van der Waals surface area contributed by atoms with Crippen molar-refractivity contribution in [1.82, 2.24) is 10.2 Å². The quantitative estimate of drug-likeness (QED) is 0.854. The van der Waals surface area contributed by atoms with Crippen LogP contribution in [-0.4, -0.2) is 36.9 Å². The highest BCUT2D eigenvalue weighted by Crippen LogP contribution is 2.31. The Bertz CT molecular complexity index is 790. The lowest BCUT2D eigenvalue weighted by molar-refractivity contribution is 0.360. The first-order valence-electron chi connectivity index (χ1n) is 8.40. The molecule has 3 nitrogen and oxygen atoms in total. The van der Waals surface area contributed by atoms with Gasteiger partial charge in [0, 0.05) is 36.8 Å². The fraction of sp³-hybridized carbons (Fsp3) is 0.250. The molecule has 1 saturated heterocycles. The third kappa shape index (κ3) is 3.10. The van der Waals surface area contributed by atoms with Gasteiger partial charge in [-0.25, -0.2) is 4.99 Å². The SMILES string of the molecule is Clc1ccc2c(c1)N=C(N1CCNCC1)C(c1ccccc1)=CC2. The second-order valence-electron chi connectivity index (χ2n) is 6.13. The topological polar surface area (TPSA) is 27.6 Å². The number of piperazine rings is 1. The second-order valence-corrected chi connectivity index (χ2v) is 6.57. The van der Waals surface area contributed by atoms with Crippen molar-refractivity contribution in [2.24, 2.45) is 4.99 Å². The van der Waals surface area contributed by atoms with Crippen molar-refractivity contribution in [3.8, 4) is 0 Å². The van der Waals surface area contributed by atoms with E-state index in [4.69, 9.17) is 16.6 Å². The molecule has 0 radical (unpaired) electrons. The van der Waals surface area contributed by atoms with E-state index in [0.29, 0.717) is 0 Å². The maximum absolute atomic E-state index is 6.21. The highest BCUT2D eigenvalue weighted by Gasteiger charge is 2.22. The lowest BCUT2D eigenvalue weighted by atomic mass is 10.0. The van der Waals surface area contributed by atoms with E-state index >= 15 is 0 Å². The molecule has 2 aliphatic rings. The van der Waals surface area contributed by atoms with Crippen LogP contribution in [0.15, 0.2) is 59.6 Å². The van der Waals surface area contributed by atoms with Crippen LogP contribution < -0.4 is 5.32 Å². The van der Waals surface area contributed by atoms with Crippen LogP contribution in [0.4, 0.5) is 5.69 Å². The first kappa shape index (κ1) is 15.4. The highest BCUT2D eigenvalue weighted by molar-refractivity contribution is 6.31. The first-order chi connectivity index (χ1) is 11.8. The third-order valence-electron chi connectivity index (χ3n) is 4.54. The van der Waals surface area contributed by atoms with Crippen LogP contribution in [-0.2, 0) is 6.42 Å². The Hall–Kier alpha value is -2.10. The Morgan fingerprint density at radius 2 is 1.79 bits per heavy atom. The van der Waals surface area contributed by atoms with Crippen molar-refractivity contribution in [3.63, 3.8) is 0 Å². The van der Waals surface area contributed by atoms with Crippen molar-refractivity contribution < 1.29 is 0 Å². The molecule has 0 atom stereocenters. The summed E-state index contributed by atoms with van der Waals surface area (Å²) in [6, 6.07) is 16.5. The van der Waals surface area contributed by atoms with Gasteiger partial charge in [-0.1, -0.05) is 54.1 Å². The standard InChI is InChI=1S/C20H20ClN3/c21-17-8-6-16-7-9-18(15-4-2-1-3-5-15)20(23-19(16)14-17)24-12-10-22-11-13-24/h1-6,8-9,14,22H,7,10-13H2. The van der Waals surface area contributed by atoms with E-state index < -0.39 is 0 Å². The molecule has 0 bridgehead atoms. The van der Waals surface area contributed by atoms with E-state index in [2.05, 4.69) is 52.7 Å². The van der Waals surface area contributed by atoms with Gasteiger partial charge < -0.3 is 10.2 Å². The van der Waals surface area contributed by atoms with Crippen LogP contribution in [0.3, 0.4) is 0 Å².